The van der Waals surface area contributed by atoms with Crippen molar-refractivity contribution in [2.45, 2.75) is 38.3 Å². The average molecular weight is 526 g/mol. The highest BCUT2D eigenvalue weighted by Gasteiger charge is 2.71. The van der Waals surface area contributed by atoms with Crippen LogP contribution in [-0.2, 0) is 16.9 Å². The Balaban J connectivity index is 1.72. The summed E-state index contributed by atoms with van der Waals surface area (Å²) < 4.78 is 92.0. The molecule has 0 spiro atoms. The summed E-state index contributed by atoms with van der Waals surface area (Å²) in [6.07, 6.45) is -12.0. The summed E-state index contributed by atoms with van der Waals surface area (Å²) in [7, 11) is 1.25. The van der Waals surface area contributed by atoms with Gasteiger partial charge in [0, 0.05) is 27.7 Å². The molecule has 0 bridgehead atoms. The van der Waals surface area contributed by atoms with Crippen molar-refractivity contribution in [2.24, 2.45) is 0 Å². The number of ether oxygens (including phenoxy) is 1. The van der Waals surface area contributed by atoms with Gasteiger partial charge in [-0.3, -0.25) is 0 Å². The number of aromatic nitrogens is 2. The second-order valence-corrected chi connectivity index (χ2v) is 8.45. The number of halogens is 6. The summed E-state index contributed by atoms with van der Waals surface area (Å²) in [5.41, 5.74) is -4.21. The maximum Gasteiger partial charge on any atom is 0.430 e. The zero-order chi connectivity index (χ0) is 27.3. The molecule has 4 aromatic rings. The Morgan fingerprint density at radius 1 is 1.03 bits per heavy atom. The van der Waals surface area contributed by atoms with Crippen molar-refractivity contribution >= 4 is 16.9 Å². The number of aryl methyl sites for hydroxylation is 2. The molecule has 2 aromatic carbocycles. The average Bonchev–Trinajstić information content (AvgIpc) is 3.35. The van der Waals surface area contributed by atoms with Gasteiger partial charge in [0.1, 0.15) is 11.5 Å². The molecule has 37 heavy (non-hydrogen) atoms. The number of hydrogen-bond donors (Lipinski definition) is 1. The number of nitrogens with zero attached hydrogens (tertiary/aromatic N) is 2. The van der Waals surface area contributed by atoms with E-state index in [1.165, 1.54) is 13.2 Å². The molecule has 4 rings (SSSR count). The quantitative estimate of drug-likeness (QED) is 0.253. The summed E-state index contributed by atoms with van der Waals surface area (Å²) in [6, 6.07) is 10.2. The molecule has 0 radical (unpaired) electrons. The number of benzene rings is 2. The lowest BCUT2D eigenvalue weighted by Gasteiger charge is -2.32. The standard InChI is InChI=1S/C25H20F6N2O4/c1-13-9-17-11-18(23(35,24(26,27)28)25(29,30)31)7-8-20(17)33(13)12-19-14(2)37-21(32-19)15-5-4-6-16(10-15)22(34)36-3/h4-11,35H,12H2,1-3H3. The van der Waals surface area contributed by atoms with Crippen LogP contribution in [-0.4, -0.2) is 40.1 Å². The maximum atomic E-state index is 13.3. The fourth-order valence-electron chi connectivity index (χ4n) is 4.08. The van der Waals surface area contributed by atoms with Crippen LogP contribution >= 0.6 is 0 Å². The van der Waals surface area contributed by atoms with Gasteiger partial charge < -0.3 is 18.8 Å². The van der Waals surface area contributed by atoms with Crippen molar-refractivity contribution in [3.8, 4) is 11.5 Å². The molecule has 0 unspecified atom stereocenters. The molecule has 0 atom stereocenters. The van der Waals surface area contributed by atoms with Crippen LogP contribution in [0.2, 0.25) is 0 Å². The van der Waals surface area contributed by atoms with E-state index in [1.54, 1.807) is 42.7 Å². The minimum Gasteiger partial charge on any atom is -0.465 e. The molecule has 0 aliphatic heterocycles. The monoisotopic (exact) mass is 526 g/mol. The molecule has 0 aliphatic carbocycles. The number of esters is 1. The lowest BCUT2D eigenvalue weighted by molar-refractivity contribution is -0.376. The predicted molar refractivity (Wildman–Crippen MR) is 120 cm³/mol. The molecule has 12 heteroatoms. The third-order valence-electron chi connectivity index (χ3n) is 6.08. The van der Waals surface area contributed by atoms with Crippen LogP contribution < -0.4 is 0 Å². The first kappa shape index (κ1) is 26.3. The van der Waals surface area contributed by atoms with Gasteiger partial charge in [0.2, 0.25) is 5.89 Å². The number of carbonyl (C=O) groups is 1. The first-order valence-electron chi connectivity index (χ1n) is 10.8. The molecular formula is C25H20F6N2O4. The van der Waals surface area contributed by atoms with E-state index in [9.17, 15) is 36.2 Å². The molecule has 0 amide bonds. The summed E-state index contributed by atoms with van der Waals surface area (Å²) in [5, 5.41) is 9.81. The number of fused-ring (bicyclic) bond motifs is 1. The van der Waals surface area contributed by atoms with Crippen molar-refractivity contribution in [2.75, 3.05) is 7.11 Å². The Labute approximate surface area is 206 Å². The van der Waals surface area contributed by atoms with E-state index in [0.29, 0.717) is 40.4 Å². The smallest absolute Gasteiger partial charge is 0.430 e. The minimum atomic E-state index is -5.98. The fraction of sp³-hybridized carbons (Fsp3) is 0.280. The largest absolute Gasteiger partial charge is 0.465 e. The van der Waals surface area contributed by atoms with E-state index >= 15 is 0 Å². The highest BCUT2D eigenvalue weighted by molar-refractivity contribution is 5.90. The van der Waals surface area contributed by atoms with Crippen LogP contribution in [0.1, 0.15) is 33.1 Å². The van der Waals surface area contributed by atoms with Crippen LogP contribution in [0.5, 0.6) is 0 Å². The predicted octanol–water partition coefficient (Wildman–Crippen LogP) is 6.06. The number of rotatable bonds is 5. The van der Waals surface area contributed by atoms with Gasteiger partial charge in [-0.05, 0) is 50.2 Å². The summed E-state index contributed by atoms with van der Waals surface area (Å²) in [6.45, 7) is 3.39. The minimum absolute atomic E-state index is 0.0778. The molecule has 6 nitrogen and oxygen atoms in total. The van der Waals surface area contributed by atoms with Gasteiger partial charge >= 0.3 is 18.3 Å². The number of oxazole rings is 1. The maximum absolute atomic E-state index is 13.3. The van der Waals surface area contributed by atoms with Crippen molar-refractivity contribution in [3.05, 3.63) is 76.8 Å². The summed E-state index contributed by atoms with van der Waals surface area (Å²) in [5.74, 6) is 0.108. The molecule has 0 saturated carbocycles. The lowest BCUT2D eigenvalue weighted by Crippen LogP contribution is -2.53. The summed E-state index contributed by atoms with van der Waals surface area (Å²) >= 11 is 0. The molecule has 0 fully saturated rings. The van der Waals surface area contributed by atoms with Crippen molar-refractivity contribution < 1.29 is 45.4 Å². The molecule has 0 saturated heterocycles. The van der Waals surface area contributed by atoms with Gasteiger partial charge in [-0.2, -0.15) is 26.3 Å². The Kier molecular flexibility index (Phi) is 6.35. The topological polar surface area (TPSA) is 77.5 Å². The summed E-state index contributed by atoms with van der Waals surface area (Å²) in [4.78, 5) is 16.3. The zero-order valence-corrected chi connectivity index (χ0v) is 19.7. The SMILES string of the molecule is COC(=O)c1cccc(-c2nc(Cn3c(C)cc4cc(C(O)(C(F)(F)F)C(F)(F)F)ccc43)c(C)o2)c1. The van der Waals surface area contributed by atoms with Crippen LogP contribution in [0.3, 0.4) is 0 Å². The Morgan fingerprint density at radius 3 is 2.32 bits per heavy atom. The van der Waals surface area contributed by atoms with Crippen LogP contribution in [0.15, 0.2) is 52.9 Å². The van der Waals surface area contributed by atoms with E-state index in [4.69, 9.17) is 9.15 Å². The van der Waals surface area contributed by atoms with Crippen LogP contribution in [0.25, 0.3) is 22.4 Å². The van der Waals surface area contributed by atoms with Crippen LogP contribution in [0, 0.1) is 13.8 Å². The molecular weight excluding hydrogens is 506 g/mol. The zero-order valence-electron chi connectivity index (χ0n) is 19.7. The number of alkyl halides is 6. The number of carbonyl (C=O) groups excluding carboxylic acids is 1. The van der Waals surface area contributed by atoms with Crippen molar-refractivity contribution in [1.82, 2.24) is 9.55 Å². The number of hydrogen-bond acceptors (Lipinski definition) is 5. The van der Waals surface area contributed by atoms with Crippen molar-refractivity contribution in [3.63, 3.8) is 0 Å². The van der Waals surface area contributed by atoms with Crippen LogP contribution in [0.4, 0.5) is 26.3 Å². The molecule has 1 N–H and O–H groups in total. The third kappa shape index (κ3) is 4.45. The molecule has 2 aromatic heterocycles. The number of aliphatic hydroxyl groups is 1. The van der Waals surface area contributed by atoms with Gasteiger partial charge in [-0.25, -0.2) is 9.78 Å². The number of methoxy groups -OCH3 is 1. The second-order valence-electron chi connectivity index (χ2n) is 8.45. The van der Waals surface area contributed by atoms with E-state index in [0.717, 1.165) is 6.07 Å². The van der Waals surface area contributed by atoms with E-state index in [1.807, 2.05) is 0 Å². The van der Waals surface area contributed by atoms with E-state index in [-0.39, 0.29) is 23.4 Å². The molecule has 196 valence electrons. The second kappa shape index (κ2) is 8.94. The Morgan fingerprint density at radius 2 is 1.70 bits per heavy atom. The third-order valence-corrected chi connectivity index (χ3v) is 6.08. The van der Waals surface area contributed by atoms with Gasteiger partial charge in [0.25, 0.3) is 5.60 Å². The van der Waals surface area contributed by atoms with Gasteiger partial charge in [0.15, 0.2) is 0 Å². The highest BCUT2D eigenvalue weighted by atomic mass is 19.4. The molecule has 2 heterocycles. The van der Waals surface area contributed by atoms with Gasteiger partial charge in [-0.1, -0.05) is 12.1 Å². The normalized spacial score (nSPS) is 12.8. The van der Waals surface area contributed by atoms with E-state index in [2.05, 4.69) is 4.98 Å². The Hall–Kier alpha value is -3.80. The van der Waals surface area contributed by atoms with Crippen molar-refractivity contribution in [1.29, 1.82) is 0 Å². The highest BCUT2D eigenvalue weighted by Crippen LogP contribution is 2.50. The fourth-order valence-corrected chi connectivity index (χ4v) is 4.08. The van der Waals surface area contributed by atoms with Gasteiger partial charge in [0.05, 0.1) is 19.2 Å². The lowest BCUT2D eigenvalue weighted by atomic mass is 9.91. The molecule has 0 aliphatic rings. The van der Waals surface area contributed by atoms with Gasteiger partial charge in [-0.15, -0.1) is 0 Å². The van der Waals surface area contributed by atoms with E-state index < -0.39 is 29.5 Å². The Bertz CT molecular complexity index is 1470. The first-order chi connectivity index (χ1) is 17.2. The first-order valence-corrected chi connectivity index (χ1v) is 10.8.